The first-order valence-electron chi connectivity index (χ1n) is 13.9. The van der Waals surface area contributed by atoms with E-state index in [1.165, 1.54) is 5.56 Å². The molecule has 2 atom stereocenters. The first-order valence-corrected chi connectivity index (χ1v) is 14.7. The van der Waals surface area contributed by atoms with Crippen LogP contribution in [0.15, 0.2) is 67.1 Å². The number of ether oxygens (including phenoxy) is 1. The zero-order valence-corrected chi connectivity index (χ0v) is 23.2. The first-order chi connectivity index (χ1) is 20.2. The third kappa shape index (κ3) is 5.59. The van der Waals surface area contributed by atoms with Gasteiger partial charge in [-0.1, -0.05) is 42.2 Å². The number of hydrogen-bond acceptors (Lipinski definition) is 8. The number of hydrogen-bond donors (Lipinski definition) is 2. The topological polar surface area (TPSA) is 97.2 Å². The van der Waals surface area contributed by atoms with E-state index in [0.29, 0.717) is 13.0 Å². The molecule has 206 valence electrons. The lowest BCUT2D eigenvalue weighted by Crippen LogP contribution is -2.32. The number of fused-ring (bicyclic) bond motifs is 2. The third-order valence-corrected chi connectivity index (χ3v) is 8.46. The molecule has 9 nitrogen and oxygen atoms in total. The molecular weight excluding hydrogens is 534 g/mol. The summed E-state index contributed by atoms with van der Waals surface area (Å²) in [6, 6.07) is 18.6. The van der Waals surface area contributed by atoms with E-state index >= 15 is 0 Å². The van der Waals surface area contributed by atoms with Gasteiger partial charge in [-0.05, 0) is 42.7 Å². The van der Waals surface area contributed by atoms with Crippen molar-refractivity contribution < 1.29 is 9.53 Å². The molecule has 5 heterocycles. The molecule has 0 unspecified atom stereocenters. The van der Waals surface area contributed by atoms with Crippen molar-refractivity contribution in [2.75, 3.05) is 25.0 Å². The van der Waals surface area contributed by atoms with E-state index in [9.17, 15) is 4.79 Å². The number of thiophene rings is 1. The normalized spacial score (nSPS) is 18.5. The molecule has 2 fully saturated rings. The Hall–Kier alpha value is -4.46. The zero-order chi connectivity index (χ0) is 27.6. The van der Waals surface area contributed by atoms with Crippen LogP contribution in [0.1, 0.15) is 29.7 Å². The Morgan fingerprint density at radius 2 is 2.00 bits per heavy atom. The Kier molecular flexibility index (Phi) is 6.96. The van der Waals surface area contributed by atoms with Gasteiger partial charge in [-0.2, -0.15) is 5.10 Å². The first kappa shape index (κ1) is 25.5. The molecule has 1 amide bonds. The molecule has 2 aliphatic heterocycles. The summed E-state index contributed by atoms with van der Waals surface area (Å²) in [6.45, 7) is 2.94. The minimum Gasteiger partial charge on any atom is -0.445 e. The number of carbonyl (C=O) groups excluding carboxylic acids is 1. The van der Waals surface area contributed by atoms with Crippen molar-refractivity contribution in [3.63, 3.8) is 0 Å². The predicted octanol–water partition coefficient (Wildman–Crippen LogP) is 5.15. The molecule has 0 saturated carbocycles. The molecule has 41 heavy (non-hydrogen) atoms. The van der Waals surface area contributed by atoms with Crippen molar-refractivity contribution in [1.82, 2.24) is 30.0 Å². The molecule has 10 heteroatoms. The van der Waals surface area contributed by atoms with Gasteiger partial charge in [0, 0.05) is 37.1 Å². The number of carbonyl (C=O) groups is 1. The van der Waals surface area contributed by atoms with Crippen LogP contribution < -0.4 is 10.6 Å². The molecule has 2 N–H and O–H groups in total. The minimum atomic E-state index is -0.203. The van der Waals surface area contributed by atoms with Crippen LogP contribution in [0.25, 0.3) is 21.1 Å². The Balaban J connectivity index is 1.03. The van der Waals surface area contributed by atoms with E-state index in [4.69, 9.17) is 4.74 Å². The molecule has 2 saturated heterocycles. The van der Waals surface area contributed by atoms with Crippen LogP contribution in [0.3, 0.4) is 0 Å². The second-order valence-corrected chi connectivity index (χ2v) is 11.4. The number of anilines is 2. The highest BCUT2D eigenvalue weighted by atomic mass is 32.1. The fraction of sp³-hybridized carbons (Fsp3) is 0.290. The summed E-state index contributed by atoms with van der Waals surface area (Å²) in [4.78, 5) is 24.9. The predicted molar refractivity (Wildman–Crippen MR) is 160 cm³/mol. The Labute approximate surface area is 241 Å². The summed E-state index contributed by atoms with van der Waals surface area (Å²) >= 11 is 1.54. The molecule has 7 rings (SSSR count). The van der Waals surface area contributed by atoms with Crippen molar-refractivity contribution in [3.05, 3.63) is 77.6 Å². The van der Waals surface area contributed by atoms with E-state index in [1.54, 1.807) is 22.6 Å². The lowest BCUT2D eigenvalue weighted by Gasteiger charge is -2.18. The van der Waals surface area contributed by atoms with Crippen molar-refractivity contribution in [1.29, 1.82) is 0 Å². The number of aromatic nitrogens is 4. The molecule has 5 aromatic rings. The minimum absolute atomic E-state index is 0.0187. The summed E-state index contributed by atoms with van der Waals surface area (Å²) in [5, 5.41) is 13.4. The number of amides is 1. The van der Waals surface area contributed by atoms with E-state index in [-0.39, 0.29) is 18.2 Å². The van der Waals surface area contributed by atoms with Gasteiger partial charge in [-0.3, -0.25) is 10.00 Å². The lowest BCUT2D eigenvalue weighted by atomic mass is 10.2. The highest BCUT2D eigenvalue weighted by molar-refractivity contribution is 7.19. The van der Waals surface area contributed by atoms with Crippen molar-refractivity contribution in [3.8, 4) is 11.8 Å². The highest BCUT2D eigenvalue weighted by Crippen LogP contribution is 2.30. The standard InChI is InChI=1S/C31H29N7O2S/c39-31(37-12-4-5-13-37)40-25-15-23(32-18-25)8-10-26-16-27-29(33-20-34-30(27)41-26)36-24-9-11-28-22(14-24)17-35-38(28)19-21-6-2-1-3-7-21/h1-3,6-7,9,11,14,16-17,20,23,25,32H,4-5,12-13,15,18-19H2,(H,33,34,36)/t23-,25-/m1/s1. The van der Waals surface area contributed by atoms with Gasteiger partial charge in [0.05, 0.1) is 34.6 Å². The second kappa shape index (κ2) is 11.2. The maximum absolute atomic E-state index is 12.3. The highest BCUT2D eigenvalue weighted by Gasteiger charge is 2.28. The fourth-order valence-electron chi connectivity index (χ4n) is 5.38. The molecule has 0 aliphatic carbocycles. The quantitative estimate of drug-likeness (QED) is 0.286. The van der Waals surface area contributed by atoms with Gasteiger partial charge < -0.3 is 15.0 Å². The Bertz CT molecular complexity index is 1770. The van der Waals surface area contributed by atoms with Gasteiger partial charge in [-0.15, -0.1) is 11.3 Å². The van der Waals surface area contributed by atoms with Crippen LogP contribution in [0.4, 0.5) is 16.3 Å². The van der Waals surface area contributed by atoms with E-state index in [0.717, 1.165) is 70.0 Å². The molecule has 0 bridgehead atoms. The maximum atomic E-state index is 12.3. The summed E-state index contributed by atoms with van der Waals surface area (Å²) in [6.07, 6.45) is 5.92. The molecule has 2 aromatic carbocycles. The maximum Gasteiger partial charge on any atom is 0.410 e. The zero-order valence-electron chi connectivity index (χ0n) is 22.4. The van der Waals surface area contributed by atoms with Crippen LogP contribution >= 0.6 is 11.3 Å². The number of rotatable bonds is 5. The van der Waals surface area contributed by atoms with Crippen molar-refractivity contribution in [2.45, 2.75) is 38.0 Å². The van der Waals surface area contributed by atoms with Gasteiger partial charge in [0.15, 0.2) is 0 Å². The molecule has 0 spiro atoms. The van der Waals surface area contributed by atoms with Gasteiger partial charge in [0.25, 0.3) is 0 Å². The van der Waals surface area contributed by atoms with Crippen LogP contribution in [0.5, 0.6) is 0 Å². The average molecular weight is 564 g/mol. The SMILES string of the molecule is O=C(O[C@H]1CN[C@H](C#Cc2cc3c(Nc4ccc5c(cnn5Cc5ccccc5)c4)ncnc3s2)C1)N1CCCC1. The van der Waals surface area contributed by atoms with Crippen molar-refractivity contribution in [2.24, 2.45) is 0 Å². The van der Waals surface area contributed by atoms with E-state index < -0.39 is 0 Å². The molecule has 3 aromatic heterocycles. The molecule has 0 radical (unpaired) electrons. The molecule has 2 aliphatic rings. The van der Waals surface area contributed by atoms with Crippen LogP contribution in [0.2, 0.25) is 0 Å². The summed E-state index contributed by atoms with van der Waals surface area (Å²) in [5.74, 6) is 7.34. The van der Waals surface area contributed by atoms with Gasteiger partial charge in [0.1, 0.15) is 23.1 Å². The van der Waals surface area contributed by atoms with Crippen LogP contribution in [0, 0.1) is 11.8 Å². The average Bonchev–Trinajstić information content (AvgIpc) is 3.80. The third-order valence-electron chi connectivity index (χ3n) is 7.50. The fourth-order valence-corrected chi connectivity index (χ4v) is 6.24. The summed E-state index contributed by atoms with van der Waals surface area (Å²) < 4.78 is 7.69. The van der Waals surface area contributed by atoms with Crippen molar-refractivity contribution >= 4 is 50.1 Å². The summed E-state index contributed by atoms with van der Waals surface area (Å²) in [7, 11) is 0. The van der Waals surface area contributed by atoms with E-state index in [2.05, 4.69) is 61.8 Å². The van der Waals surface area contributed by atoms with Crippen LogP contribution in [-0.4, -0.2) is 62.5 Å². The Morgan fingerprint density at radius 3 is 2.88 bits per heavy atom. The summed E-state index contributed by atoms with van der Waals surface area (Å²) in [5.41, 5.74) is 3.22. The molecular formula is C31H29N7O2S. The number of benzene rings is 2. The van der Waals surface area contributed by atoms with Gasteiger partial charge >= 0.3 is 6.09 Å². The second-order valence-electron chi connectivity index (χ2n) is 10.4. The van der Waals surface area contributed by atoms with Gasteiger partial charge in [-0.25, -0.2) is 14.8 Å². The largest absolute Gasteiger partial charge is 0.445 e. The Morgan fingerprint density at radius 1 is 1.12 bits per heavy atom. The monoisotopic (exact) mass is 563 g/mol. The van der Waals surface area contributed by atoms with E-state index in [1.807, 2.05) is 41.2 Å². The lowest BCUT2D eigenvalue weighted by molar-refractivity contribution is 0.0763. The van der Waals surface area contributed by atoms with Crippen LogP contribution in [-0.2, 0) is 11.3 Å². The number of likely N-dealkylation sites (tertiary alicyclic amines) is 1. The number of nitrogens with zero attached hydrogens (tertiary/aromatic N) is 5. The van der Waals surface area contributed by atoms with Gasteiger partial charge in [0.2, 0.25) is 0 Å². The number of nitrogens with one attached hydrogen (secondary N) is 2. The smallest absolute Gasteiger partial charge is 0.410 e.